The van der Waals surface area contributed by atoms with Crippen LogP contribution in [-0.4, -0.2) is 36.0 Å². The number of benzene rings is 1. The highest BCUT2D eigenvalue weighted by molar-refractivity contribution is 9.10. The van der Waals surface area contributed by atoms with E-state index in [0.717, 1.165) is 36.8 Å². The van der Waals surface area contributed by atoms with Gasteiger partial charge in [-0.15, -0.1) is 0 Å². The third kappa shape index (κ3) is 3.02. The summed E-state index contributed by atoms with van der Waals surface area (Å²) in [5, 5.41) is 3.98. The minimum atomic E-state index is 0.0625. The predicted octanol–water partition coefficient (Wildman–Crippen LogP) is 3.46. The van der Waals surface area contributed by atoms with Crippen molar-refractivity contribution in [2.45, 2.75) is 37.8 Å². The summed E-state index contributed by atoms with van der Waals surface area (Å²) in [6, 6.07) is 6.37. The lowest BCUT2D eigenvalue weighted by atomic mass is 10.1. The molecule has 1 aliphatic carbocycles. The number of hydrogen-bond acceptors (Lipinski definition) is 2. The largest absolute Gasteiger partial charge is 0.334 e. The van der Waals surface area contributed by atoms with Gasteiger partial charge in [-0.3, -0.25) is 4.79 Å². The third-order valence-electron chi connectivity index (χ3n) is 4.01. The lowest BCUT2D eigenvalue weighted by Gasteiger charge is -2.26. The summed E-state index contributed by atoms with van der Waals surface area (Å²) < 4.78 is 0.778. The topological polar surface area (TPSA) is 32.3 Å². The molecule has 0 aromatic heterocycles. The Kier molecular flexibility index (Phi) is 4.34. The van der Waals surface area contributed by atoms with E-state index in [1.165, 1.54) is 6.42 Å². The maximum absolute atomic E-state index is 12.8. The molecule has 108 valence electrons. The van der Waals surface area contributed by atoms with Gasteiger partial charge in [0.05, 0.1) is 10.6 Å². The average molecular weight is 358 g/mol. The minimum Gasteiger partial charge on any atom is -0.334 e. The summed E-state index contributed by atoms with van der Waals surface area (Å²) in [7, 11) is 0. The fraction of sp³-hybridized carbons (Fsp3) is 0.533. The van der Waals surface area contributed by atoms with Gasteiger partial charge in [-0.1, -0.05) is 17.7 Å². The Hall–Kier alpha value is -0.580. The quantitative estimate of drug-likeness (QED) is 0.895. The zero-order valence-corrected chi connectivity index (χ0v) is 13.6. The van der Waals surface area contributed by atoms with Crippen LogP contribution in [0.5, 0.6) is 0 Å². The predicted molar refractivity (Wildman–Crippen MR) is 84.2 cm³/mol. The van der Waals surface area contributed by atoms with Crippen molar-refractivity contribution in [3.05, 3.63) is 33.3 Å². The number of nitrogens with zero attached hydrogens (tertiary/aromatic N) is 1. The van der Waals surface area contributed by atoms with Crippen molar-refractivity contribution < 1.29 is 4.79 Å². The van der Waals surface area contributed by atoms with Crippen LogP contribution in [0.25, 0.3) is 0 Å². The molecule has 1 aromatic carbocycles. The SMILES string of the molecule is O=C(c1cccc(Br)c1Cl)N(CC1CCCN1)C1CC1. The Labute approximate surface area is 132 Å². The van der Waals surface area contributed by atoms with Gasteiger partial charge in [-0.25, -0.2) is 0 Å². The zero-order valence-electron chi connectivity index (χ0n) is 11.2. The molecule has 1 saturated heterocycles. The number of carbonyl (C=O) groups is 1. The number of nitrogens with one attached hydrogen (secondary N) is 1. The number of rotatable bonds is 4. The van der Waals surface area contributed by atoms with Gasteiger partial charge in [0.1, 0.15) is 0 Å². The first-order valence-electron chi connectivity index (χ1n) is 7.15. The van der Waals surface area contributed by atoms with Gasteiger partial charge in [-0.2, -0.15) is 0 Å². The highest BCUT2D eigenvalue weighted by Crippen LogP contribution is 2.32. The van der Waals surface area contributed by atoms with Crippen LogP contribution in [-0.2, 0) is 0 Å². The molecule has 1 aromatic rings. The molecular formula is C15H18BrClN2O. The van der Waals surface area contributed by atoms with Crippen LogP contribution >= 0.6 is 27.5 Å². The van der Waals surface area contributed by atoms with Gasteiger partial charge in [-0.05, 0) is 60.3 Å². The fourth-order valence-corrected chi connectivity index (χ4v) is 3.33. The molecule has 1 atom stereocenters. The standard InChI is InChI=1S/C15H18BrClN2O/c16-13-5-1-4-12(14(13)17)15(20)19(11-6-7-11)9-10-3-2-8-18-10/h1,4-5,10-11,18H,2-3,6-9H2. The first-order chi connectivity index (χ1) is 9.66. The summed E-state index contributed by atoms with van der Waals surface area (Å²) in [6.07, 6.45) is 4.59. The van der Waals surface area contributed by atoms with Crippen molar-refractivity contribution in [3.8, 4) is 0 Å². The van der Waals surface area contributed by atoms with Gasteiger partial charge >= 0.3 is 0 Å². The van der Waals surface area contributed by atoms with Gasteiger partial charge in [0.15, 0.2) is 0 Å². The molecule has 1 aliphatic heterocycles. The van der Waals surface area contributed by atoms with Gasteiger partial charge in [0, 0.05) is 23.1 Å². The Morgan fingerprint density at radius 3 is 2.85 bits per heavy atom. The average Bonchev–Trinajstić information content (AvgIpc) is 3.15. The molecule has 20 heavy (non-hydrogen) atoms. The molecule has 1 saturated carbocycles. The fourth-order valence-electron chi connectivity index (χ4n) is 2.76. The minimum absolute atomic E-state index is 0.0625. The van der Waals surface area contributed by atoms with Crippen molar-refractivity contribution in [2.24, 2.45) is 0 Å². The Morgan fingerprint density at radius 2 is 2.20 bits per heavy atom. The second-order valence-electron chi connectivity index (χ2n) is 5.58. The third-order valence-corrected chi connectivity index (χ3v) is 5.31. The first kappa shape index (κ1) is 14.4. The Morgan fingerprint density at radius 1 is 1.40 bits per heavy atom. The smallest absolute Gasteiger partial charge is 0.255 e. The van der Waals surface area contributed by atoms with Crippen molar-refractivity contribution in [3.63, 3.8) is 0 Å². The molecule has 0 spiro atoms. The van der Waals surface area contributed by atoms with Crippen molar-refractivity contribution >= 4 is 33.4 Å². The van der Waals surface area contributed by atoms with Crippen LogP contribution in [0.15, 0.2) is 22.7 Å². The molecule has 1 amide bonds. The maximum Gasteiger partial charge on any atom is 0.255 e. The molecule has 2 aliphatic rings. The lowest BCUT2D eigenvalue weighted by Crippen LogP contribution is -2.42. The van der Waals surface area contributed by atoms with E-state index in [4.69, 9.17) is 11.6 Å². The van der Waals surface area contributed by atoms with Gasteiger partial charge in [0.2, 0.25) is 0 Å². The van der Waals surface area contributed by atoms with Crippen LogP contribution in [0, 0.1) is 0 Å². The van der Waals surface area contributed by atoms with Crippen LogP contribution in [0.2, 0.25) is 5.02 Å². The van der Waals surface area contributed by atoms with Gasteiger partial charge in [0.25, 0.3) is 5.91 Å². The second-order valence-corrected chi connectivity index (χ2v) is 6.82. The van der Waals surface area contributed by atoms with E-state index in [-0.39, 0.29) is 5.91 Å². The normalized spacial score (nSPS) is 22.0. The van der Waals surface area contributed by atoms with Crippen LogP contribution in [0.4, 0.5) is 0 Å². The molecule has 0 radical (unpaired) electrons. The van der Waals surface area contributed by atoms with E-state index in [0.29, 0.717) is 22.7 Å². The van der Waals surface area contributed by atoms with E-state index in [9.17, 15) is 4.79 Å². The molecular weight excluding hydrogens is 340 g/mol. The molecule has 1 heterocycles. The van der Waals surface area contributed by atoms with E-state index >= 15 is 0 Å². The molecule has 1 unspecified atom stereocenters. The number of amides is 1. The second kappa shape index (κ2) is 6.04. The summed E-state index contributed by atoms with van der Waals surface area (Å²) in [5.41, 5.74) is 0.603. The number of hydrogen-bond donors (Lipinski definition) is 1. The molecule has 0 bridgehead atoms. The van der Waals surface area contributed by atoms with Crippen LogP contribution < -0.4 is 5.32 Å². The molecule has 3 nitrogen and oxygen atoms in total. The molecule has 2 fully saturated rings. The van der Waals surface area contributed by atoms with E-state index in [2.05, 4.69) is 21.2 Å². The highest BCUT2D eigenvalue weighted by Gasteiger charge is 2.35. The Bertz CT molecular complexity index is 513. The summed E-state index contributed by atoms with van der Waals surface area (Å²) >= 11 is 9.65. The molecule has 3 rings (SSSR count). The summed E-state index contributed by atoms with van der Waals surface area (Å²) in [6.45, 7) is 1.86. The van der Waals surface area contributed by atoms with E-state index < -0.39 is 0 Å². The first-order valence-corrected chi connectivity index (χ1v) is 8.32. The number of carbonyl (C=O) groups excluding carboxylic acids is 1. The molecule has 5 heteroatoms. The van der Waals surface area contributed by atoms with E-state index in [1.807, 2.05) is 23.1 Å². The van der Waals surface area contributed by atoms with Crippen molar-refractivity contribution in [2.75, 3.05) is 13.1 Å². The number of halogens is 2. The Balaban J connectivity index is 1.79. The zero-order chi connectivity index (χ0) is 14.1. The van der Waals surface area contributed by atoms with Crippen molar-refractivity contribution in [1.29, 1.82) is 0 Å². The molecule has 1 N–H and O–H groups in total. The van der Waals surface area contributed by atoms with E-state index in [1.54, 1.807) is 0 Å². The van der Waals surface area contributed by atoms with Crippen molar-refractivity contribution in [1.82, 2.24) is 10.2 Å². The lowest BCUT2D eigenvalue weighted by molar-refractivity contribution is 0.0728. The van der Waals surface area contributed by atoms with Gasteiger partial charge < -0.3 is 10.2 Å². The summed E-state index contributed by atoms with van der Waals surface area (Å²) in [5.74, 6) is 0.0625. The monoisotopic (exact) mass is 356 g/mol. The maximum atomic E-state index is 12.8. The van der Waals surface area contributed by atoms with Crippen LogP contribution in [0.1, 0.15) is 36.0 Å². The summed E-state index contributed by atoms with van der Waals surface area (Å²) in [4.78, 5) is 14.8. The highest BCUT2D eigenvalue weighted by atomic mass is 79.9. The van der Waals surface area contributed by atoms with Crippen LogP contribution in [0.3, 0.4) is 0 Å².